The molecule has 0 aliphatic rings. The highest BCUT2D eigenvalue weighted by Crippen LogP contribution is 2.35. The predicted octanol–water partition coefficient (Wildman–Crippen LogP) is 3.67. The Hall–Kier alpha value is -2.05. The molecule has 1 aromatic heterocycles. The number of H-pyrrole nitrogens is 1. The lowest BCUT2D eigenvalue weighted by molar-refractivity contribution is 0.350. The van der Waals surface area contributed by atoms with Crippen LogP contribution in [0.25, 0.3) is 11.0 Å². The highest BCUT2D eigenvalue weighted by molar-refractivity contribution is 9.10. The topological polar surface area (TPSA) is 59.2 Å². The van der Waals surface area contributed by atoms with Crippen molar-refractivity contribution in [3.05, 3.63) is 52.3 Å². The predicted molar refractivity (Wildman–Crippen MR) is 98.8 cm³/mol. The van der Waals surface area contributed by atoms with Crippen molar-refractivity contribution >= 4 is 27.0 Å². The molecule has 0 aliphatic carbocycles. The first kappa shape index (κ1) is 16.8. The third-order valence-corrected chi connectivity index (χ3v) is 4.61. The first-order valence-corrected chi connectivity index (χ1v) is 8.56. The lowest BCUT2D eigenvalue weighted by atomic mass is 10.2. The van der Waals surface area contributed by atoms with E-state index in [0.717, 1.165) is 51.4 Å². The number of aromatic amines is 1. The Morgan fingerprint density at radius 3 is 2.71 bits per heavy atom. The normalized spacial score (nSPS) is 11.0. The summed E-state index contributed by atoms with van der Waals surface area (Å²) in [6.07, 6.45) is 0.832. The molecule has 3 aromatic rings. The molecular weight excluding hydrogens is 370 g/mol. The summed E-state index contributed by atoms with van der Waals surface area (Å²) in [7, 11) is 3.30. The molecule has 0 amide bonds. The van der Waals surface area contributed by atoms with Crippen LogP contribution in [0.15, 0.2) is 40.9 Å². The van der Waals surface area contributed by atoms with Crippen molar-refractivity contribution < 1.29 is 9.47 Å². The van der Waals surface area contributed by atoms with E-state index >= 15 is 0 Å². The Kier molecular flexibility index (Phi) is 5.37. The summed E-state index contributed by atoms with van der Waals surface area (Å²) in [5.74, 6) is 2.47. The number of ether oxygens (including phenoxy) is 2. The lowest BCUT2D eigenvalue weighted by Crippen LogP contribution is -2.18. The van der Waals surface area contributed by atoms with Crippen molar-refractivity contribution in [3.8, 4) is 11.5 Å². The maximum Gasteiger partial charge on any atom is 0.166 e. The zero-order chi connectivity index (χ0) is 16.9. The Balaban J connectivity index is 1.62. The fourth-order valence-electron chi connectivity index (χ4n) is 2.68. The number of para-hydroxylation sites is 2. The summed E-state index contributed by atoms with van der Waals surface area (Å²) in [6, 6.07) is 11.9. The van der Waals surface area contributed by atoms with Gasteiger partial charge in [0.2, 0.25) is 0 Å². The van der Waals surface area contributed by atoms with Gasteiger partial charge in [0.05, 0.1) is 25.3 Å². The smallest absolute Gasteiger partial charge is 0.166 e. The van der Waals surface area contributed by atoms with Crippen molar-refractivity contribution in [2.24, 2.45) is 0 Å². The second-order valence-corrected chi connectivity index (χ2v) is 6.24. The number of hydrogen-bond donors (Lipinski definition) is 2. The van der Waals surface area contributed by atoms with Crippen LogP contribution in [0.5, 0.6) is 11.5 Å². The molecule has 2 N–H and O–H groups in total. The number of fused-ring (bicyclic) bond motifs is 1. The van der Waals surface area contributed by atoms with E-state index in [2.05, 4.69) is 31.2 Å². The molecule has 1 heterocycles. The molecule has 0 atom stereocenters. The first-order chi connectivity index (χ1) is 11.7. The van der Waals surface area contributed by atoms with E-state index in [-0.39, 0.29) is 0 Å². The first-order valence-electron chi connectivity index (χ1n) is 7.76. The maximum absolute atomic E-state index is 5.49. The van der Waals surface area contributed by atoms with Gasteiger partial charge >= 0.3 is 0 Å². The number of halogens is 1. The van der Waals surface area contributed by atoms with Crippen molar-refractivity contribution in [1.82, 2.24) is 15.3 Å². The molecule has 24 heavy (non-hydrogen) atoms. The van der Waals surface area contributed by atoms with Crippen LogP contribution in [-0.4, -0.2) is 30.7 Å². The van der Waals surface area contributed by atoms with Gasteiger partial charge in [0, 0.05) is 29.5 Å². The second-order valence-electron chi connectivity index (χ2n) is 5.39. The van der Waals surface area contributed by atoms with E-state index in [1.165, 1.54) is 0 Å². The number of hydrogen-bond acceptors (Lipinski definition) is 4. The number of aromatic nitrogens is 2. The molecule has 126 valence electrons. The third-order valence-electron chi connectivity index (χ3n) is 3.87. The summed E-state index contributed by atoms with van der Waals surface area (Å²) < 4.78 is 11.8. The van der Waals surface area contributed by atoms with E-state index in [4.69, 9.17) is 9.47 Å². The lowest BCUT2D eigenvalue weighted by Gasteiger charge is -2.14. The van der Waals surface area contributed by atoms with Crippen molar-refractivity contribution in [1.29, 1.82) is 0 Å². The molecule has 2 aromatic carbocycles. The highest BCUT2D eigenvalue weighted by Gasteiger charge is 2.13. The fourth-order valence-corrected chi connectivity index (χ4v) is 3.13. The van der Waals surface area contributed by atoms with Gasteiger partial charge in [-0.25, -0.2) is 4.98 Å². The molecule has 0 aliphatic heterocycles. The average Bonchev–Trinajstić information content (AvgIpc) is 3.02. The third kappa shape index (κ3) is 3.55. The Morgan fingerprint density at radius 2 is 1.96 bits per heavy atom. The molecule has 0 fully saturated rings. The van der Waals surface area contributed by atoms with E-state index in [9.17, 15) is 0 Å². The number of rotatable bonds is 7. The number of imidazole rings is 1. The average molecular weight is 390 g/mol. The molecule has 6 heteroatoms. The molecule has 0 radical (unpaired) electrons. The van der Waals surface area contributed by atoms with Gasteiger partial charge < -0.3 is 19.8 Å². The highest BCUT2D eigenvalue weighted by atomic mass is 79.9. The van der Waals surface area contributed by atoms with Crippen molar-refractivity contribution in [3.63, 3.8) is 0 Å². The zero-order valence-corrected chi connectivity index (χ0v) is 15.3. The second kappa shape index (κ2) is 7.68. The summed E-state index contributed by atoms with van der Waals surface area (Å²) in [5.41, 5.74) is 3.12. The number of methoxy groups -OCH3 is 2. The van der Waals surface area contributed by atoms with E-state index in [1.807, 2.05) is 36.4 Å². The minimum Gasteiger partial charge on any atom is -0.493 e. The SMILES string of the molecule is COc1ccc(Br)c(CNCCc2nc3ccccc3[nH]2)c1OC. The largest absolute Gasteiger partial charge is 0.493 e. The number of nitrogens with one attached hydrogen (secondary N) is 2. The fraction of sp³-hybridized carbons (Fsp3) is 0.278. The Labute approximate surface area is 149 Å². The van der Waals surface area contributed by atoms with Crippen LogP contribution in [0.1, 0.15) is 11.4 Å². The minimum absolute atomic E-state index is 0.682. The van der Waals surface area contributed by atoms with Crippen LogP contribution in [0.3, 0.4) is 0 Å². The summed E-state index contributed by atoms with van der Waals surface area (Å²) in [4.78, 5) is 7.93. The molecule has 0 unspecified atom stereocenters. The van der Waals surface area contributed by atoms with Gasteiger partial charge in [-0.05, 0) is 24.3 Å². The van der Waals surface area contributed by atoms with Gasteiger partial charge in [-0.2, -0.15) is 0 Å². The maximum atomic E-state index is 5.49. The molecule has 0 saturated carbocycles. The molecule has 0 saturated heterocycles. The zero-order valence-electron chi connectivity index (χ0n) is 13.7. The van der Waals surface area contributed by atoms with Crippen molar-refractivity contribution in [2.45, 2.75) is 13.0 Å². The van der Waals surface area contributed by atoms with Crippen LogP contribution in [0.2, 0.25) is 0 Å². The van der Waals surface area contributed by atoms with E-state index < -0.39 is 0 Å². The van der Waals surface area contributed by atoms with Gasteiger partial charge in [-0.3, -0.25) is 0 Å². The van der Waals surface area contributed by atoms with Gasteiger partial charge in [-0.15, -0.1) is 0 Å². The molecule has 0 spiro atoms. The standard InChI is InChI=1S/C18H20BrN3O2/c1-23-16-8-7-13(19)12(18(16)24-2)11-20-10-9-17-21-14-5-3-4-6-15(14)22-17/h3-8,20H,9-11H2,1-2H3,(H,21,22). The Morgan fingerprint density at radius 1 is 1.12 bits per heavy atom. The molecular formula is C18H20BrN3O2. The monoisotopic (exact) mass is 389 g/mol. The van der Waals surface area contributed by atoms with E-state index in [0.29, 0.717) is 6.54 Å². The van der Waals surface area contributed by atoms with Crippen molar-refractivity contribution in [2.75, 3.05) is 20.8 Å². The number of nitrogens with zero attached hydrogens (tertiary/aromatic N) is 1. The molecule has 0 bridgehead atoms. The molecule has 5 nitrogen and oxygen atoms in total. The number of benzene rings is 2. The van der Waals surface area contributed by atoms with Crippen LogP contribution in [0.4, 0.5) is 0 Å². The molecule has 3 rings (SSSR count). The van der Waals surface area contributed by atoms with Crippen LogP contribution in [0, 0.1) is 0 Å². The summed E-state index contributed by atoms with van der Waals surface area (Å²) in [5, 5.41) is 3.44. The Bertz CT molecular complexity index is 799. The van der Waals surface area contributed by atoms with Gasteiger partial charge in [0.15, 0.2) is 11.5 Å². The quantitative estimate of drug-likeness (QED) is 0.605. The summed E-state index contributed by atoms with van der Waals surface area (Å²) in [6.45, 7) is 1.49. The van der Waals surface area contributed by atoms with E-state index in [1.54, 1.807) is 14.2 Å². The van der Waals surface area contributed by atoms with Gasteiger partial charge in [0.25, 0.3) is 0 Å². The summed E-state index contributed by atoms with van der Waals surface area (Å²) >= 11 is 3.58. The minimum atomic E-state index is 0.682. The van der Waals surface area contributed by atoms with Gasteiger partial charge in [-0.1, -0.05) is 28.1 Å². The van der Waals surface area contributed by atoms with Crippen LogP contribution >= 0.6 is 15.9 Å². The van der Waals surface area contributed by atoms with Crippen LogP contribution in [-0.2, 0) is 13.0 Å². The van der Waals surface area contributed by atoms with Gasteiger partial charge in [0.1, 0.15) is 5.82 Å². The van der Waals surface area contributed by atoms with Crippen LogP contribution < -0.4 is 14.8 Å².